The summed E-state index contributed by atoms with van der Waals surface area (Å²) in [5.74, 6) is 0.157. The summed E-state index contributed by atoms with van der Waals surface area (Å²) >= 11 is 0. The molecule has 1 aliphatic rings. The quantitative estimate of drug-likeness (QED) is 0.770. The summed E-state index contributed by atoms with van der Waals surface area (Å²) in [4.78, 5) is 20.0. The Morgan fingerprint density at radius 1 is 1.61 bits per heavy atom. The Balaban J connectivity index is 2.02. The molecule has 1 fully saturated rings. The summed E-state index contributed by atoms with van der Waals surface area (Å²) in [7, 11) is 0. The van der Waals surface area contributed by atoms with Crippen LogP contribution in [0.1, 0.15) is 35.8 Å². The standard InChI is InChI=1S/C12H18N4O2/c1-3-18-11(17)10-6-14-12(15-7(10)2)16-9-4-8(13)5-9/h6,8-9H,3-5,13H2,1-2H3,(H,14,15,16). The molecule has 18 heavy (non-hydrogen) atoms. The van der Waals surface area contributed by atoms with Crippen molar-refractivity contribution in [3.8, 4) is 0 Å². The van der Waals surface area contributed by atoms with Gasteiger partial charge in [-0.2, -0.15) is 0 Å². The molecule has 0 radical (unpaired) electrons. The zero-order valence-corrected chi connectivity index (χ0v) is 10.6. The van der Waals surface area contributed by atoms with Gasteiger partial charge in [-0.1, -0.05) is 0 Å². The van der Waals surface area contributed by atoms with E-state index in [0.29, 0.717) is 29.9 Å². The van der Waals surface area contributed by atoms with Crippen molar-refractivity contribution in [1.82, 2.24) is 9.97 Å². The predicted molar refractivity (Wildman–Crippen MR) is 67.3 cm³/mol. The van der Waals surface area contributed by atoms with E-state index < -0.39 is 0 Å². The first-order valence-corrected chi connectivity index (χ1v) is 6.13. The number of aryl methyl sites for hydroxylation is 1. The number of anilines is 1. The van der Waals surface area contributed by atoms with E-state index in [4.69, 9.17) is 10.5 Å². The van der Waals surface area contributed by atoms with E-state index in [1.54, 1.807) is 13.8 Å². The lowest BCUT2D eigenvalue weighted by Gasteiger charge is -2.32. The zero-order valence-electron chi connectivity index (χ0n) is 10.6. The van der Waals surface area contributed by atoms with Gasteiger partial charge in [0.05, 0.1) is 17.9 Å². The second kappa shape index (κ2) is 5.30. The lowest BCUT2D eigenvalue weighted by molar-refractivity contribution is 0.0524. The highest BCUT2D eigenvalue weighted by molar-refractivity contribution is 5.90. The Hall–Kier alpha value is -1.69. The van der Waals surface area contributed by atoms with Crippen LogP contribution in [0, 0.1) is 6.92 Å². The molecule has 0 unspecified atom stereocenters. The maximum atomic E-state index is 11.6. The fourth-order valence-electron chi connectivity index (χ4n) is 1.91. The lowest BCUT2D eigenvalue weighted by Crippen LogP contribution is -2.44. The molecule has 1 aromatic rings. The Morgan fingerprint density at radius 3 is 2.89 bits per heavy atom. The van der Waals surface area contributed by atoms with Crippen molar-refractivity contribution in [2.75, 3.05) is 11.9 Å². The average molecular weight is 250 g/mol. The first-order valence-electron chi connectivity index (χ1n) is 6.13. The number of nitrogens with one attached hydrogen (secondary N) is 1. The third-order valence-electron chi connectivity index (χ3n) is 2.98. The number of hydrogen-bond acceptors (Lipinski definition) is 6. The second-order valence-electron chi connectivity index (χ2n) is 4.49. The first-order chi connectivity index (χ1) is 8.60. The summed E-state index contributed by atoms with van der Waals surface area (Å²) in [5, 5.41) is 3.19. The normalized spacial score (nSPS) is 22.2. The maximum Gasteiger partial charge on any atom is 0.341 e. The number of rotatable bonds is 4. The van der Waals surface area contributed by atoms with Crippen LogP contribution in [0.15, 0.2) is 6.20 Å². The Morgan fingerprint density at radius 2 is 2.33 bits per heavy atom. The molecular formula is C12H18N4O2. The van der Waals surface area contributed by atoms with Crippen LogP contribution in [0.2, 0.25) is 0 Å². The number of nitrogens with zero attached hydrogens (tertiary/aromatic N) is 2. The highest BCUT2D eigenvalue weighted by atomic mass is 16.5. The van der Waals surface area contributed by atoms with Gasteiger partial charge in [0.25, 0.3) is 0 Å². The van der Waals surface area contributed by atoms with Crippen molar-refractivity contribution in [3.05, 3.63) is 17.5 Å². The van der Waals surface area contributed by atoms with E-state index >= 15 is 0 Å². The molecule has 1 aromatic heterocycles. The fraction of sp³-hybridized carbons (Fsp3) is 0.583. The van der Waals surface area contributed by atoms with Crippen LogP contribution in [0.5, 0.6) is 0 Å². The van der Waals surface area contributed by atoms with Crippen LogP contribution in [-0.2, 0) is 4.74 Å². The van der Waals surface area contributed by atoms with E-state index in [-0.39, 0.29) is 12.0 Å². The summed E-state index contributed by atoms with van der Waals surface area (Å²) in [5.41, 5.74) is 6.74. The molecule has 0 amide bonds. The van der Waals surface area contributed by atoms with Crippen LogP contribution >= 0.6 is 0 Å². The van der Waals surface area contributed by atoms with Gasteiger partial charge in [-0.3, -0.25) is 0 Å². The van der Waals surface area contributed by atoms with Crippen LogP contribution in [0.3, 0.4) is 0 Å². The number of aromatic nitrogens is 2. The van der Waals surface area contributed by atoms with Crippen molar-refractivity contribution in [3.63, 3.8) is 0 Å². The van der Waals surface area contributed by atoms with Gasteiger partial charge in [-0.15, -0.1) is 0 Å². The predicted octanol–water partition coefficient (Wildman–Crippen LogP) is 0.863. The SMILES string of the molecule is CCOC(=O)c1cnc(NC2CC(N)C2)nc1C. The van der Waals surface area contributed by atoms with Gasteiger partial charge in [0.1, 0.15) is 0 Å². The number of esters is 1. The van der Waals surface area contributed by atoms with E-state index in [1.807, 2.05) is 0 Å². The van der Waals surface area contributed by atoms with Gasteiger partial charge in [-0.25, -0.2) is 14.8 Å². The van der Waals surface area contributed by atoms with Gasteiger partial charge in [0, 0.05) is 18.3 Å². The summed E-state index contributed by atoms with van der Waals surface area (Å²) in [6.45, 7) is 3.88. The third kappa shape index (κ3) is 2.76. The molecule has 2 rings (SSSR count). The van der Waals surface area contributed by atoms with Crippen LogP contribution in [0.4, 0.5) is 5.95 Å². The first kappa shape index (κ1) is 12.8. The molecule has 6 nitrogen and oxygen atoms in total. The Labute approximate surface area is 106 Å². The smallest absolute Gasteiger partial charge is 0.341 e. The molecule has 0 spiro atoms. The maximum absolute atomic E-state index is 11.6. The van der Waals surface area contributed by atoms with Gasteiger partial charge in [0.2, 0.25) is 5.95 Å². The topological polar surface area (TPSA) is 90.1 Å². The largest absolute Gasteiger partial charge is 0.462 e. The Bertz CT molecular complexity index is 444. The lowest BCUT2D eigenvalue weighted by atomic mass is 9.88. The molecule has 0 aromatic carbocycles. The molecule has 1 aliphatic carbocycles. The molecule has 98 valence electrons. The molecule has 0 saturated heterocycles. The summed E-state index contributed by atoms with van der Waals surface area (Å²) < 4.78 is 4.92. The summed E-state index contributed by atoms with van der Waals surface area (Å²) in [6.07, 6.45) is 3.37. The van der Waals surface area contributed by atoms with Gasteiger partial charge < -0.3 is 15.8 Å². The molecule has 1 heterocycles. The van der Waals surface area contributed by atoms with Gasteiger partial charge >= 0.3 is 5.97 Å². The minimum Gasteiger partial charge on any atom is -0.462 e. The highest BCUT2D eigenvalue weighted by Gasteiger charge is 2.26. The highest BCUT2D eigenvalue weighted by Crippen LogP contribution is 2.21. The molecular weight excluding hydrogens is 232 g/mol. The molecule has 0 bridgehead atoms. The molecule has 3 N–H and O–H groups in total. The Kier molecular flexibility index (Phi) is 3.76. The van der Waals surface area contributed by atoms with Crippen molar-refractivity contribution < 1.29 is 9.53 Å². The van der Waals surface area contributed by atoms with E-state index in [0.717, 1.165) is 12.8 Å². The molecule has 0 atom stereocenters. The van der Waals surface area contributed by atoms with E-state index in [1.165, 1.54) is 6.20 Å². The van der Waals surface area contributed by atoms with Crippen LogP contribution in [-0.4, -0.2) is 34.6 Å². The monoisotopic (exact) mass is 250 g/mol. The van der Waals surface area contributed by atoms with E-state index in [9.17, 15) is 4.79 Å². The van der Waals surface area contributed by atoms with Crippen LogP contribution in [0.25, 0.3) is 0 Å². The summed E-state index contributed by atoms with van der Waals surface area (Å²) in [6, 6.07) is 0.621. The zero-order chi connectivity index (χ0) is 13.1. The second-order valence-corrected chi connectivity index (χ2v) is 4.49. The average Bonchev–Trinajstić information content (AvgIpc) is 2.27. The minimum atomic E-state index is -0.382. The van der Waals surface area contributed by atoms with Gasteiger partial charge in [-0.05, 0) is 26.7 Å². The van der Waals surface area contributed by atoms with Crippen molar-refractivity contribution in [1.29, 1.82) is 0 Å². The van der Waals surface area contributed by atoms with Gasteiger partial charge in [0.15, 0.2) is 0 Å². The number of carbonyl (C=O) groups excluding carboxylic acids is 1. The third-order valence-corrected chi connectivity index (χ3v) is 2.98. The molecule has 0 aliphatic heterocycles. The number of nitrogens with two attached hydrogens (primary N) is 1. The number of ether oxygens (including phenoxy) is 1. The van der Waals surface area contributed by atoms with Crippen LogP contribution < -0.4 is 11.1 Å². The fourth-order valence-corrected chi connectivity index (χ4v) is 1.91. The van der Waals surface area contributed by atoms with Crippen molar-refractivity contribution in [2.45, 2.75) is 38.8 Å². The van der Waals surface area contributed by atoms with Crippen molar-refractivity contribution in [2.24, 2.45) is 5.73 Å². The van der Waals surface area contributed by atoms with E-state index in [2.05, 4.69) is 15.3 Å². The number of hydrogen-bond donors (Lipinski definition) is 2. The minimum absolute atomic E-state index is 0.280. The van der Waals surface area contributed by atoms with Crippen molar-refractivity contribution >= 4 is 11.9 Å². The number of carbonyl (C=O) groups is 1. The molecule has 6 heteroatoms. The molecule has 1 saturated carbocycles.